The molecule has 0 radical (unpaired) electrons. The third-order valence-electron chi connectivity index (χ3n) is 5.95. The van der Waals surface area contributed by atoms with Crippen LogP contribution in [0.15, 0.2) is 42.5 Å². The topological polar surface area (TPSA) is 71.1 Å². The predicted octanol–water partition coefficient (Wildman–Crippen LogP) is 7.65. The smallest absolute Gasteiger partial charge is 0.306 e. The normalized spacial score (nSPS) is 12.8. The summed E-state index contributed by atoms with van der Waals surface area (Å²) in [5, 5.41) is 3.90. The standard InChI is InChI=1S/C30H37ClO6/c1-5-7-13-27(32)36-20(3)18-34-29-23-11-9-10-12-24(23)30(26-17-22(31)15-16-25(26)29)35-19-21(4)37-28(33)14-8-6-2/h9-12,15-17,20-21H,5-8,13-14,18-19H2,1-4H3. The lowest BCUT2D eigenvalue weighted by atomic mass is 10.0. The Hall–Kier alpha value is -2.99. The van der Waals surface area contributed by atoms with Gasteiger partial charge in [-0.25, -0.2) is 0 Å². The first kappa shape index (κ1) is 28.6. The summed E-state index contributed by atoms with van der Waals surface area (Å²) in [6.45, 7) is 8.14. The van der Waals surface area contributed by atoms with Crippen LogP contribution in [0.4, 0.5) is 0 Å². The van der Waals surface area contributed by atoms with Gasteiger partial charge in [0.2, 0.25) is 0 Å². The van der Waals surface area contributed by atoms with Crippen molar-refractivity contribution in [1.82, 2.24) is 0 Å². The predicted molar refractivity (Wildman–Crippen MR) is 148 cm³/mol. The minimum atomic E-state index is -0.406. The number of rotatable bonds is 14. The number of hydrogen-bond acceptors (Lipinski definition) is 6. The third-order valence-corrected chi connectivity index (χ3v) is 6.18. The van der Waals surface area contributed by atoms with Crippen LogP contribution in [0, 0.1) is 0 Å². The molecule has 0 heterocycles. The van der Waals surface area contributed by atoms with Crippen LogP contribution < -0.4 is 9.47 Å². The number of fused-ring (bicyclic) bond motifs is 2. The van der Waals surface area contributed by atoms with E-state index in [4.69, 9.17) is 30.5 Å². The monoisotopic (exact) mass is 528 g/mol. The molecule has 6 nitrogen and oxygen atoms in total. The fraction of sp³-hybridized carbons (Fsp3) is 0.467. The molecule has 0 saturated heterocycles. The lowest BCUT2D eigenvalue weighted by Gasteiger charge is -2.21. The van der Waals surface area contributed by atoms with E-state index in [0.29, 0.717) is 29.4 Å². The molecule has 0 aromatic heterocycles. The summed E-state index contributed by atoms with van der Waals surface area (Å²) >= 11 is 6.38. The Morgan fingerprint density at radius 1 is 0.730 bits per heavy atom. The van der Waals surface area contributed by atoms with Gasteiger partial charge in [0.05, 0.1) is 0 Å². The Labute approximate surface area is 224 Å². The fourth-order valence-electron chi connectivity index (χ4n) is 4.06. The Morgan fingerprint density at radius 2 is 1.19 bits per heavy atom. The van der Waals surface area contributed by atoms with Gasteiger partial charge >= 0.3 is 11.9 Å². The molecular weight excluding hydrogens is 492 g/mol. The maximum atomic E-state index is 12.0. The second-order valence-corrected chi connectivity index (χ2v) is 9.76. The maximum absolute atomic E-state index is 12.0. The Bertz CT molecular complexity index is 1210. The number of carbonyl (C=O) groups excluding carboxylic acids is 2. The molecular formula is C30H37ClO6. The van der Waals surface area contributed by atoms with Gasteiger partial charge in [-0.1, -0.05) is 62.6 Å². The minimum Gasteiger partial charge on any atom is -0.488 e. The summed E-state index contributed by atoms with van der Waals surface area (Å²) in [5.74, 6) is 0.887. The first-order valence-electron chi connectivity index (χ1n) is 13.1. The lowest BCUT2D eigenvalue weighted by molar-refractivity contribution is -0.150. The molecule has 2 unspecified atom stereocenters. The van der Waals surface area contributed by atoms with Gasteiger partial charge in [-0.3, -0.25) is 9.59 Å². The van der Waals surface area contributed by atoms with Crippen LogP contribution in [0.25, 0.3) is 21.5 Å². The molecule has 0 amide bonds. The van der Waals surface area contributed by atoms with E-state index in [1.807, 2.05) is 70.2 Å². The van der Waals surface area contributed by atoms with Gasteiger partial charge < -0.3 is 18.9 Å². The summed E-state index contributed by atoms with van der Waals surface area (Å²) in [7, 11) is 0. The molecule has 37 heavy (non-hydrogen) atoms. The van der Waals surface area contributed by atoms with E-state index in [-0.39, 0.29) is 25.2 Å². The molecule has 0 bridgehead atoms. The van der Waals surface area contributed by atoms with Gasteiger partial charge in [0, 0.05) is 39.4 Å². The molecule has 200 valence electrons. The second kappa shape index (κ2) is 14.1. The van der Waals surface area contributed by atoms with Crippen molar-refractivity contribution in [3.8, 4) is 11.5 Å². The zero-order valence-corrected chi connectivity index (χ0v) is 22.9. The van der Waals surface area contributed by atoms with E-state index in [0.717, 1.165) is 47.2 Å². The van der Waals surface area contributed by atoms with Crippen molar-refractivity contribution >= 4 is 45.1 Å². The van der Waals surface area contributed by atoms with Crippen LogP contribution in [0.3, 0.4) is 0 Å². The van der Waals surface area contributed by atoms with Gasteiger partial charge in [-0.15, -0.1) is 0 Å². The third kappa shape index (κ3) is 8.00. The van der Waals surface area contributed by atoms with Crippen molar-refractivity contribution < 1.29 is 28.5 Å². The summed E-state index contributed by atoms with van der Waals surface area (Å²) in [6, 6.07) is 13.4. The van der Waals surface area contributed by atoms with Crippen molar-refractivity contribution in [2.75, 3.05) is 13.2 Å². The zero-order chi connectivity index (χ0) is 26.8. The number of halogens is 1. The molecule has 0 aliphatic rings. The number of benzene rings is 3. The average molecular weight is 529 g/mol. The Balaban J connectivity index is 1.87. The van der Waals surface area contributed by atoms with E-state index < -0.39 is 12.2 Å². The van der Waals surface area contributed by atoms with Crippen molar-refractivity contribution in [2.24, 2.45) is 0 Å². The number of unbranched alkanes of at least 4 members (excludes halogenated alkanes) is 2. The summed E-state index contributed by atoms with van der Waals surface area (Å²) < 4.78 is 23.6. The quantitative estimate of drug-likeness (QED) is 0.158. The largest absolute Gasteiger partial charge is 0.488 e. The lowest BCUT2D eigenvalue weighted by Crippen LogP contribution is -2.22. The van der Waals surface area contributed by atoms with Crippen molar-refractivity contribution in [3.63, 3.8) is 0 Å². The van der Waals surface area contributed by atoms with E-state index >= 15 is 0 Å². The molecule has 0 aliphatic heterocycles. The number of esters is 2. The molecule has 7 heteroatoms. The van der Waals surface area contributed by atoms with Crippen LogP contribution in [0.1, 0.15) is 66.2 Å². The van der Waals surface area contributed by atoms with Gasteiger partial charge in [-0.2, -0.15) is 0 Å². The van der Waals surface area contributed by atoms with Crippen LogP contribution in [-0.4, -0.2) is 37.4 Å². The average Bonchev–Trinajstić information content (AvgIpc) is 2.88. The van der Waals surface area contributed by atoms with E-state index in [2.05, 4.69) is 0 Å². The van der Waals surface area contributed by atoms with Gasteiger partial charge in [0.1, 0.15) is 36.9 Å². The molecule has 3 rings (SSSR count). The molecule has 2 atom stereocenters. The van der Waals surface area contributed by atoms with Crippen LogP contribution in [0.2, 0.25) is 5.02 Å². The van der Waals surface area contributed by atoms with E-state index in [1.54, 1.807) is 0 Å². The second-order valence-electron chi connectivity index (χ2n) is 9.32. The maximum Gasteiger partial charge on any atom is 0.306 e. The van der Waals surface area contributed by atoms with Crippen molar-refractivity contribution in [2.45, 2.75) is 78.4 Å². The van der Waals surface area contributed by atoms with E-state index in [1.165, 1.54) is 0 Å². The summed E-state index contributed by atoms with van der Waals surface area (Å²) in [5.41, 5.74) is 0. The molecule has 0 aliphatic carbocycles. The highest BCUT2D eigenvalue weighted by molar-refractivity contribution is 6.31. The minimum absolute atomic E-state index is 0.203. The Morgan fingerprint density at radius 3 is 1.68 bits per heavy atom. The summed E-state index contributed by atoms with van der Waals surface area (Å²) in [6.07, 6.45) is 3.49. The molecule has 0 spiro atoms. The van der Waals surface area contributed by atoms with Crippen LogP contribution >= 0.6 is 11.6 Å². The molecule has 0 N–H and O–H groups in total. The molecule has 0 fully saturated rings. The number of hydrogen-bond donors (Lipinski definition) is 0. The number of ether oxygens (including phenoxy) is 4. The Kier molecular flexibility index (Phi) is 10.9. The molecule has 3 aromatic carbocycles. The summed E-state index contributed by atoms with van der Waals surface area (Å²) in [4.78, 5) is 24.1. The molecule has 3 aromatic rings. The van der Waals surface area contributed by atoms with Crippen molar-refractivity contribution in [3.05, 3.63) is 47.5 Å². The van der Waals surface area contributed by atoms with Gasteiger partial charge in [0.15, 0.2) is 0 Å². The van der Waals surface area contributed by atoms with Gasteiger partial charge in [-0.05, 0) is 44.9 Å². The SMILES string of the molecule is CCCCC(=O)OC(C)COc1c2ccccc2c(OCC(C)OC(=O)CCCC)c2cc(Cl)ccc12. The first-order chi connectivity index (χ1) is 17.8. The number of carbonyl (C=O) groups is 2. The van der Waals surface area contributed by atoms with Crippen LogP contribution in [0.5, 0.6) is 11.5 Å². The first-order valence-corrected chi connectivity index (χ1v) is 13.5. The zero-order valence-electron chi connectivity index (χ0n) is 22.2. The highest BCUT2D eigenvalue weighted by Crippen LogP contribution is 2.43. The van der Waals surface area contributed by atoms with E-state index in [9.17, 15) is 9.59 Å². The molecule has 0 saturated carbocycles. The highest BCUT2D eigenvalue weighted by Gasteiger charge is 2.19. The van der Waals surface area contributed by atoms with Gasteiger partial charge in [0.25, 0.3) is 0 Å². The van der Waals surface area contributed by atoms with Crippen LogP contribution in [-0.2, 0) is 19.1 Å². The highest BCUT2D eigenvalue weighted by atomic mass is 35.5. The fourth-order valence-corrected chi connectivity index (χ4v) is 4.23. The van der Waals surface area contributed by atoms with Crippen molar-refractivity contribution in [1.29, 1.82) is 0 Å².